The van der Waals surface area contributed by atoms with Crippen LogP contribution in [0.15, 0.2) is 23.1 Å². The highest BCUT2D eigenvalue weighted by Crippen LogP contribution is 2.31. The van der Waals surface area contributed by atoms with Gasteiger partial charge in [-0.05, 0) is 25.1 Å². The van der Waals surface area contributed by atoms with Gasteiger partial charge in [0.1, 0.15) is 5.75 Å². The van der Waals surface area contributed by atoms with Crippen molar-refractivity contribution in [2.45, 2.75) is 24.8 Å². The van der Waals surface area contributed by atoms with E-state index in [0.717, 1.165) is 0 Å². The van der Waals surface area contributed by atoms with Crippen LogP contribution < -0.4 is 15.8 Å². The number of carbonyl (C=O) groups excluding carboxylic acids is 2. The quantitative estimate of drug-likeness (QED) is 0.729. The first-order valence-corrected chi connectivity index (χ1v) is 10.3. The van der Waals surface area contributed by atoms with Crippen molar-refractivity contribution in [1.29, 1.82) is 0 Å². The molecule has 2 unspecified atom stereocenters. The number of piperazine rings is 1. The van der Waals surface area contributed by atoms with Crippen molar-refractivity contribution in [1.82, 2.24) is 9.21 Å². The Morgan fingerprint density at radius 2 is 1.89 bits per heavy atom. The van der Waals surface area contributed by atoms with E-state index in [2.05, 4.69) is 5.32 Å². The molecule has 10 heteroatoms. The predicted molar refractivity (Wildman–Crippen MR) is 98.7 cm³/mol. The molecule has 0 aliphatic carbocycles. The van der Waals surface area contributed by atoms with Crippen LogP contribution in [0.25, 0.3) is 0 Å². The second-order valence-electron chi connectivity index (χ2n) is 6.87. The Hall–Kier alpha value is -2.17. The molecule has 2 heterocycles. The molecule has 1 aromatic carbocycles. The Bertz CT molecular complexity index is 847. The molecule has 0 radical (unpaired) electrons. The number of anilines is 1. The van der Waals surface area contributed by atoms with Crippen LogP contribution in [0.2, 0.25) is 0 Å². The van der Waals surface area contributed by atoms with Gasteiger partial charge in [-0.15, -0.1) is 0 Å². The number of benzene rings is 1. The second-order valence-corrected chi connectivity index (χ2v) is 8.81. The molecule has 0 bridgehead atoms. The fourth-order valence-corrected chi connectivity index (χ4v) is 4.48. The molecular weight excluding hydrogens is 372 g/mol. The Morgan fingerprint density at radius 3 is 2.52 bits per heavy atom. The van der Waals surface area contributed by atoms with Gasteiger partial charge in [0.15, 0.2) is 6.61 Å². The largest absolute Gasteiger partial charge is 0.482 e. The van der Waals surface area contributed by atoms with E-state index in [1.165, 1.54) is 22.5 Å². The monoisotopic (exact) mass is 396 g/mol. The van der Waals surface area contributed by atoms with Gasteiger partial charge in [-0.2, -0.15) is 4.31 Å². The minimum atomic E-state index is -3.73. The maximum absolute atomic E-state index is 12.9. The smallest absolute Gasteiger partial charge is 0.262 e. The van der Waals surface area contributed by atoms with Gasteiger partial charge in [0.05, 0.1) is 16.5 Å². The van der Waals surface area contributed by atoms with E-state index >= 15 is 0 Å². The Labute approximate surface area is 158 Å². The van der Waals surface area contributed by atoms with Gasteiger partial charge in [0.25, 0.3) is 5.91 Å². The summed E-state index contributed by atoms with van der Waals surface area (Å²) in [6, 6.07) is 4.14. The third kappa shape index (κ3) is 3.92. The van der Waals surface area contributed by atoms with Crippen LogP contribution in [0.5, 0.6) is 5.75 Å². The number of hydrogen-bond donors (Lipinski definition) is 2. The number of ether oxygens (including phenoxy) is 1. The summed E-state index contributed by atoms with van der Waals surface area (Å²) in [5.74, 6) is -0.255. The van der Waals surface area contributed by atoms with Crippen molar-refractivity contribution >= 4 is 27.5 Å². The third-order valence-electron chi connectivity index (χ3n) is 4.95. The fraction of sp³-hybridized carbons (Fsp3) is 0.529. The van der Waals surface area contributed by atoms with Gasteiger partial charge in [0, 0.05) is 32.2 Å². The van der Waals surface area contributed by atoms with Gasteiger partial charge in [-0.25, -0.2) is 8.42 Å². The number of nitrogens with two attached hydrogens (primary N) is 1. The van der Waals surface area contributed by atoms with E-state index in [1.807, 2.05) is 0 Å². The summed E-state index contributed by atoms with van der Waals surface area (Å²) in [6.07, 6.45) is 0. The zero-order chi connectivity index (χ0) is 19.8. The van der Waals surface area contributed by atoms with Gasteiger partial charge in [-0.3, -0.25) is 9.59 Å². The summed E-state index contributed by atoms with van der Waals surface area (Å²) >= 11 is 0. The highest BCUT2D eigenvalue weighted by molar-refractivity contribution is 7.89. The van der Waals surface area contributed by atoms with Crippen LogP contribution in [-0.2, 0) is 19.6 Å². The van der Waals surface area contributed by atoms with E-state index in [9.17, 15) is 18.0 Å². The molecule has 2 amide bonds. The molecule has 0 aromatic heterocycles. The van der Waals surface area contributed by atoms with Gasteiger partial charge < -0.3 is 20.7 Å². The van der Waals surface area contributed by atoms with E-state index in [4.69, 9.17) is 10.5 Å². The van der Waals surface area contributed by atoms with Crippen LogP contribution in [0.4, 0.5) is 5.69 Å². The molecule has 2 aliphatic heterocycles. The average Bonchev–Trinajstić information content (AvgIpc) is 2.66. The minimum Gasteiger partial charge on any atom is -0.482 e. The maximum atomic E-state index is 12.9. The summed E-state index contributed by atoms with van der Waals surface area (Å²) < 4.78 is 32.4. The number of carbonyl (C=O) groups is 2. The number of nitrogens with zero attached hydrogens (tertiary/aromatic N) is 2. The molecule has 1 aromatic rings. The lowest BCUT2D eigenvalue weighted by molar-refractivity contribution is -0.136. The van der Waals surface area contributed by atoms with Crippen molar-refractivity contribution in [2.75, 3.05) is 38.1 Å². The molecule has 0 saturated carbocycles. The fourth-order valence-electron chi connectivity index (χ4n) is 3.03. The van der Waals surface area contributed by atoms with Gasteiger partial charge in [0.2, 0.25) is 15.9 Å². The molecule has 0 spiro atoms. The number of rotatable bonds is 4. The summed E-state index contributed by atoms with van der Waals surface area (Å²) in [5.41, 5.74) is 6.13. The topological polar surface area (TPSA) is 122 Å². The average molecular weight is 396 g/mol. The van der Waals surface area contributed by atoms with E-state index in [0.29, 0.717) is 24.5 Å². The van der Waals surface area contributed by atoms with Crippen LogP contribution in [0, 0.1) is 5.92 Å². The van der Waals surface area contributed by atoms with Crippen LogP contribution in [0.3, 0.4) is 0 Å². The number of amides is 2. The molecule has 148 valence electrons. The Morgan fingerprint density at radius 1 is 1.22 bits per heavy atom. The zero-order valence-electron chi connectivity index (χ0n) is 15.3. The number of sulfonamides is 1. The minimum absolute atomic E-state index is 0.0595. The van der Waals surface area contributed by atoms with Crippen molar-refractivity contribution in [3.05, 3.63) is 18.2 Å². The van der Waals surface area contributed by atoms with Crippen LogP contribution >= 0.6 is 0 Å². The Balaban J connectivity index is 1.71. The maximum Gasteiger partial charge on any atom is 0.262 e. The van der Waals surface area contributed by atoms with E-state index in [-0.39, 0.29) is 48.4 Å². The van der Waals surface area contributed by atoms with Gasteiger partial charge in [-0.1, -0.05) is 6.92 Å². The Kier molecular flexibility index (Phi) is 5.41. The summed E-state index contributed by atoms with van der Waals surface area (Å²) in [7, 11) is -3.73. The SMILES string of the molecule is CC(N)C(C)C(=O)N1CCN(S(=O)(=O)c2ccc3c(c2)NC(=O)CO3)CC1. The van der Waals surface area contributed by atoms with Crippen molar-refractivity contribution in [3.8, 4) is 5.75 Å². The third-order valence-corrected chi connectivity index (χ3v) is 6.84. The molecule has 9 nitrogen and oxygen atoms in total. The first-order valence-electron chi connectivity index (χ1n) is 8.81. The molecule has 2 atom stereocenters. The predicted octanol–water partition coefficient (Wildman–Crippen LogP) is -0.166. The zero-order valence-corrected chi connectivity index (χ0v) is 16.2. The van der Waals surface area contributed by atoms with Crippen molar-refractivity contribution < 1.29 is 22.7 Å². The summed E-state index contributed by atoms with van der Waals surface area (Å²) in [4.78, 5) is 25.6. The normalized spacial score (nSPS) is 20.3. The lowest BCUT2D eigenvalue weighted by atomic mass is 10.0. The van der Waals surface area contributed by atoms with E-state index < -0.39 is 10.0 Å². The number of hydrogen-bond acceptors (Lipinski definition) is 6. The first kappa shape index (κ1) is 19.6. The molecule has 1 saturated heterocycles. The number of nitrogens with one attached hydrogen (secondary N) is 1. The standard InChI is InChI=1S/C17H24N4O5S/c1-11(12(2)18)17(23)20-5-7-21(8-6-20)27(24,25)13-3-4-15-14(9-13)19-16(22)10-26-15/h3-4,9,11-12H,5-8,10,18H2,1-2H3,(H,19,22). The van der Waals surface area contributed by atoms with Crippen molar-refractivity contribution in [3.63, 3.8) is 0 Å². The molecule has 1 fully saturated rings. The highest BCUT2D eigenvalue weighted by Gasteiger charge is 2.33. The summed E-state index contributed by atoms with van der Waals surface area (Å²) in [5, 5.41) is 2.61. The molecular formula is C17H24N4O5S. The molecule has 3 N–H and O–H groups in total. The first-order chi connectivity index (χ1) is 12.7. The lowest BCUT2D eigenvalue weighted by Crippen LogP contribution is -2.53. The van der Waals surface area contributed by atoms with Gasteiger partial charge >= 0.3 is 0 Å². The number of fused-ring (bicyclic) bond motifs is 1. The molecule has 2 aliphatic rings. The van der Waals surface area contributed by atoms with Crippen molar-refractivity contribution in [2.24, 2.45) is 11.7 Å². The summed E-state index contributed by atoms with van der Waals surface area (Å²) in [6.45, 7) is 4.52. The molecule has 3 rings (SSSR count). The lowest BCUT2D eigenvalue weighted by Gasteiger charge is -2.36. The van der Waals surface area contributed by atoms with Crippen LogP contribution in [0.1, 0.15) is 13.8 Å². The molecule has 27 heavy (non-hydrogen) atoms. The van der Waals surface area contributed by atoms with Crippen LogP contribution in [-0.4, -0.2) is 68.3 Å². The highest BCUT2D eigenvalue weighted by atomic mass is 32.2. The second kappa shape index (κ2) is 7.45. The van der Waals surface area contributed by atoms with E-state index in [1.54, 1.807) is 18.7 Å².